The van der Waals surface area contributed by atoms with E-state index in [1.807, 2.05) is 25.1 Å². The van der Waals surface area contributed by atoms with Crippen molar-refractivity contribution in [1.82, 2.24) is 24.6 Å². The highest BCUT2D eigenvalue weighted by atomic mass is 19.3. The molecule has 8 nitrogen and oxygen atoms in total. The molecule has 0 spiro atoms. The number of aromatic nitrogens is 3. The summed E-state index contributed by atoms with van der Waals surface area (Å²) in [4.78, 5) is 36.6. The minimum Gasteiger partial charge on any atom is -0.331 e. The second-order valence-electron chi connectivity index (χ2n) is 8.58. The first-order valence-electron chi connectivity index (χ1n) is 10.8. The first-order chi connectivity index (χ1) is 16.2. The molecule has 178 valence electrons. The second kappa shape index (κ2) is 9.30. The van der Waals surface area contributed by atoms with Gasteiger partial charge in [0.1, 0.15) is 0 Å². The molecule has 1 saturated heterocycles. The van der Waals surface area contributed by atoms with Crippen LogP contribution in [0.3, 0.4) is 0 Å². The number of amides is 1. The number of alkyl halides is 2. The van der Waals surface area contributed by atoms with Crippen LogP contribution in [0.2, 0.25) is 0 Å². The number of hydrogen-bond donors (Lipinski definition) is 1. The van der Waals surface area contributed by atoms with Crippen LogP contribution in [0.25, 0.3) is 16.9 Å². The molecule has 0 aliphatic carbocycles. The maximum atomic E-state index is 14.1. The molecule has 0 atom stereocenters. The van der Waals surface area contributed by atoms with Gasteiger partial charge in [0.05, 0.1) is 30.8 Å². The van der Waals surface area contributed by atoms with Crippen LogP contribution < -0.4 is 5.56 Å². The molecule has 0 saturated carbocycles. The van der Waals surface area contributed by atoms with Gasteiger partial charge in [-0.05, 0) is 49.5 Å². The Kier molecular flexibility index (Phi) is 6.43. The zero-order valence-corrected chi connectivity index (χ0v) is 19.1. The second-order valence-corrected chi connectivity index (χ2v) is 8.58. The van der Waals surface area contributed by atoms with Crippen LogP contribution in [-0.4, -0.2) is 76.3 Å². The Morgan fingerprint density at radius 2 is 2.00 bits per heavy atom. The number of benzene rings is 1. The quantitative estimate of drug-likeness (QED) is 0.584. The fourth-order valence-corrected chi connectivity index (χ4v) is 4.16. The molecule has 1 amide bonds. The molecule has 1 fully saturated rings. The number of nitrogens with zero attached hydrogens (tertiary/aromatic N) is 5. The molecular weight excluding hydrogens is 442 g/mol. The third kappa shape index (κ3) is 4.81. The summed E-state index contributed by atoms with van der Waals surface area (Å²) < 4.78 is 29.5. The standard InChI is InChI=1S/C24H26F2N6O2/c1-16-10-17(11-27-2)4-6-19(16)20-13-29-32(23(20)34)21-7-5-18(12-28-21)22(33)31-9-8-30(3)14-24(25,26)15-31/h4-7,10,12-13,29H,2,8-9,11,14-15H2,1,3H3. The molecule has 0 radical (unpaired) electrons. The van der Waals surface area contributed by atoms with Crippen molar-refractivity contribution in [3.63, 3.8) is 0 Å². The Bertz CT molecular complexity index is 1270. The molecule has 0 bridgehead atoms. The van der Waals surface area contributed by atoms with Crippen LogP contribution in [0.1, 0.15) is 21.5 Å². The van der Waals surface area contributed by atoms with Crippen molar-refractivity contribution in [1.29, 1.82) is 0 Å². The average Bonchev–Trinajstić information content (AvgIpc) is 3.10. The van der Waals surface area contributed by atoms with Gasteiger partial charge in [-0.25, -0.2) is 18.4 Å². The van der Waals surface area contributed by atoms with Gasteiger partial charge in [-0.15, -0.1) is 0 Å². The van der Waals surface area contributed by atoms with E-state index in [4.69, 9.17) is 0 Å². The van der Waals surface area contributed by atoms with Gasteiger partial charge in [0, 0.05) is 25.5 Å². The molecular formula is C24H26F2N6O2. The summed E-state index contributed by atoms with van der Waals surface area (Å²) in [7, 11) is 1.61. The van der Waals surface area contributed by atoms with Crippen LogP contribution in [0.5, 0.6) is 0 Å². The molecule has 1 aliphatic heterocycles. The summed E-state index contributed by atoms with van der Waals surface area (Å²) in [5.41, 5.74) is 3.09. The Morgan fingerprint density at radius 3 is 2.68 bits per heavy atom. The molecule has 2 aromatic heterocycles. The fraction of sp³-hybridized carbons (Fsp3) is 0.333. The SMILES string of the molecule is C=NCc1ccc(-c2c[nH]n(-c3ccc(C(=O)N4CCN(C)CC(F)(F)C4)cn3)c2=O)c(C)c1. The zero-order chi connectivity index (χ0) is 24.5. The predicted octanol–water partition coefficient (Wildman–Crippen LogP) is 2.76. The largest absolute Gasteiger partial charge is 0.331 e. The summed E-state index contributed by atoms with van der Waals surface area (Å²) >= 11 is 0. The predicted molar refractivity (Wildman–Crippen MR) is 126 cm³/mol. The number of rotatable bonds is 5. The highest BCUT2D eigenvalue weighted by Gasteiger charge is 2.37. The maximum Gasteiger partial charge on any atom is 0.280 e. The maximum absolute atomic E-state index is 14.1. The molecule has 3 aromatic rings. The zero-order valence-electron chi connectivity index (χ0n) is 19.1. The Balaban J connectivity index is 1.56. The van der Waals surface area contributed by atoms with E-state index in [1.165, 1.54) is 27.9 Å². The number of carbonyl (C=O) groups excluding carboxylic acids is 1. The number of H-pyrrole nitrogens is 1. The lowest BCUT2D eigenvalue weighted by Gasteiger charge is -2.23. The van der Waals surface area contributed by atoms with Crippen molar-refractivity contribution >= 4 is 12.6 Å². The van der Waals surface area contributed by atoms with Gasteiger partial charge in [0.2, 0.25) is 0 Å². The number of pyridine rings is 1. The minimum atomic E-state index is -2.99. The van der Waals surface area contributed by atoms with E-state index in [-0.39, 0.29) is 24.2 Å². The topological polar surface area (TPSA) is 86.6 Å². The summed E-state index contributed by atoms with van der Waals surface area (Å²) in [6.45, 7) is 5.45. The number of likely N-dealkylation sites (N-methyl/N-ethyl adjacent to an activating group) is 1. The lowest BCUT2D eigenvalue weighted by atomic mass is 10.0. The number of nitrogens with one attached hydrogen (secondary N) is 1. The van der Waals surface area contributed by atoms with Crippen molar-refractivity contribution < 1.29 is 13.6 Å². The van der Waals surface area contributed by atoms with Crippen LogP contribution in [-0.2, 0) is 6.54 Å². The van der Waals surface area contributed by atoms with E-state index in [0.29, 0.717) is 24.5 Å². The van der Waals surface area contributed by atoms with Gasteiger partial charge in [-0.3, -0.25) is 24.6 Å². The van der Waals surface area contributed by atoms with Gasteiger partial charge in [-0.1, -0.05) is 18.2 Å². The number of aliphatic imine (C=N–C) groups is 1. The molecule has 1 aliphatic rings. The van der Waals surface area contributed by atoms with Crippen molar-refractivity contribution in [2.75, 3.05) is 33.2 Å². The third-order valence-electron chi connectivity index (χ3n) is 5.83. The van der Waals surface area contributed by atoms with Crippen LogP contribution in [0, 0.1) is 6.92 Å². The average molecular weight is 469 g/mol. The van der Waals surface area contributed by atoms with Gasteiger partial charge in [0.25, 0.3) is 17.4 Å². The van der Waals surface area contributed by atoms with Crippen LogP contribution in [0.4, 0.5) is 8.78 Å². The normalized spacial score (nSPS) is 16.3. The summed E-state index contributed by atoms with van der Waals surface area (Å²) in [6.07, 6.45) is 2.91. The first kappa shape index (κ1) is 23.5. The van der Waals surface area contributed by atoms with Crippen LogP contribution >= 0.6 is 0 Å². The molecule has 1 aromatic carbocycles. The van der Waals surface area contributed by atoms with Crippen molar-refractivity contribution in [3.05, 3.63) is 69.8 Å². The first-order valence-corrected chi connectivity index (χ1v) is 10.8. The summed E-state index contributed by atoms with van der Waals surface area (Å²) in [5.74, 6) is -3.21. The Hall–Kier alpha value is -3.66. The summed E-state index contributed by atoms with van der Waals surface area (Å²) in [6, 6.07) is 8.74. The number of aromatic amines is 1. The van der Waals surface area contributed by atoms with Gasteiger partial charge < -0.3 is 4.90 Å². The smallest absolute Gasteiger partial charge is 0.280 e. The number of halogens is 2. The highest BCUT2D eigenvalue weighted by Crippen LogP contribution is 2.23. The summed E-state index contributed by atoms with van der Waals surface area (Å²) in [5, 5.41) is 2.90. The molecule has 0 unspecified atom stereocenters. The highest BCUT2D eigenvalue weighted by molar-refractivity contribution is 5.94. The molecule has 4 rings (SSSR count). The Morgan fingerprint density at radius 1 is 1.21 bits per heavy atom. The fourth-order valence-electron chi connectivity index (χ4n) is 4.16. The van der Waals surface area contributed by atoms with Crippen molar-refractivity contribution in [2.45, 2.75) is 19.4 Å². The number of hydrogen-bond acceptors (Lipinski definition) is 5. The van der Waals surface area contributed by atoms with Crippen molar-refractivity contribution in [3.8, 4) is 16.9 Å². The van der Waals surface area contributed by atoms with E-state index < -0.39 is 18.4 Å². The van der Waals surface area contributed by atoms with Gasteiger partial charge >= 0.3 is 0 Å². The lowest BCUT2D eigenvalue weighted by molar-refractivity contribution is -0.0310. The van der Waals surface area contributed by atoms with E-state index in [1.54, 1.807) is 13.2 Å². The molecule has 10 heteroatoms. The van der Waals surface area contributed by atoms with Gasteiger partial charge in [0.15, 0.2) is 5.82 Å². The molecule has 1 N–H and O–H groups in total. The number of carbonyl (C=O) groups is 1. The number of aryl methyl sites for hydroxylation is 1. The molecule has 34 heavy (non-hydrogen) atoms. The van der Waals surface area contributed by atoms with E-state index in [0.717, 1.165) is 21.6 Å². The Labute approximate surface area is 195 Å². The van der Waals surface area contributed by atoms with Gasteiger partial charge in [-0.2, -0.15) is 0 Å². The molecule has 3 heterocycles. The van der Waals surface area contributed by atoms with Crippen molar-refractivity contribution in [2.24, 2.45) is 4.99 Å². The van der Waals surface area contributed by atoms with E-state index in [2.05, 4.69) is 21.8 Å². The third-order valence-corrected chi connectivity index (χ3v) is 5.83. The minimum absolute atomic E-state index is 0.186. The van der Waals surface area contributed by atoms with E-state index in [9.17, 15) is 18.4 Å². The lowest BCUT2D eigenvalue weighted by Crippen LogP contribution is -2.41. The monoisotopic (exact) mass is 468 g/mol. The van der Waals surface area contributed by atoms with E-state index >= 15 is 0 Å². The van der Waals surface area contributed by atoms with Crippen LogP contribution in [0.15, 0.2) is 52.5 Å².